The van der Waals surface area contributed by atoms with Crippen molar-refractivity contribution in [3.05, 3.63) is 54.1 Å². The molecule has 32 heavy (non-hydrogen) atoms. The maximum Gasteiger partial charge on any atom is 0.337 e. The fourth-order valence-electron chi connectivity index (χ4n) is 3.10. The summed E-state index contributed by atoms with van der Waals surface area (Å²) in [5.41, 5.74) is 1.66. The van der Waals surface area contributed by atoms with Crippen LogP contribution in [0.25, 0.3) is 0 Å². The Labute approximate surface area is 191 Å². The molecule has 0 spiro atoms. The lowest BCUT2D eigenvalue weighted by Crippen LogP contribution is -2.33. The van der Waals surface area contributed by atoms with Crippen LogP contribution < -0.4 is 10.1 Å². The fourth-order valence-corrected chi connectivity index (χ4v) is 4.32. The Morgan fingerprint density at radius 1 is 1.09 bits per heavy atom. The van der Waals surface area contributed by atoms with Gasteiger partial charge in [-0.2, -0.15) is 0 Å². The van der Waals surface area contributed by atoms with Gasteiger partial charge in [0, 0.05) is 18.7 Å². The number of aliphatic imine (C=N–C) groups is 1. The predicted molar refractivity (Wildman–Crippen MR) is 125 cm³/mol. The van der Waals surface area contributed by atoms with Crippen molar-refractivity contribution in [2.45, 2.75) is 25.5 Å². The van der Waals surface area contributed by atoms with Crippen LogP contribution in [0.15, 0.2) is 53.5 Å². The molecule has 1 fully saturated rings. The molecule has 1 heterocycles. The fraction of sp³-hybridized carbons (Fsp3) is 0.304. The lowest BCUT2D eigenvalue weighted by Gasteiger charge is -2.13. The number of rotatable bonds is 8. The van der Waals surface area contributed by atoms with E-state index in [0.29, 0.717) is 35.3 Å². The van der Waals surface area contributed by atoms with Gasteiger partial charge in [-0.15, -0.1) is 0 Å². The number of carbonyl (C=O) groups is 3. The molecule has 0 aliphatic carbocycles. The van der Waals surface area contributed by atoms with Crippen LogP contribution in [0.2, 0.25) is 0 Å². The minimum absolute atomic E-state index is 0.0352. The molecule has 3 rings (SSSR count). The molecule has 2 aromatic rings. The minimum atomic E-state index is -0.550. The van der Waals surface area contributed by atoms with Crippen molar-refractivity contribution in [3.63, 3.8) is 0 Å². The summed E-state index contributed by atoms with van der Waals surface area (Å²) >= 11 is 1.26. The number of ether oxygens (including phenoxy) is 2. The summed E-state index contributed by atoms with van der Waals surface area (Å²) in [6, 6.07) is 13.7. The SMILES string of the molecule is CCOc1ccc(NC(=O)C[C@@H]2SC(=Nc3ccc(C(=O)OC)cc3)N(CC)C2=O)cc1. The van der Waals surface area contributed by atoms with Crippen molar-refractivity contribution in [3.8, 4) is 5.75 Å². The molecule has 1 N–H and O–H groups in total. The number of nitrogens with zero attached hydrogens (tertiary/aromatic N) is 2. The van der Waals surface area contributed by atoms with Gasteiger partial charge < -0.3 is 14.8 Å². The predicted octanol–water partition coefficient (Wildman–Crippen LogP) is 3.85. The Hall–Kier alpha value is -3.33. The molecule has 2 aromatic carbocycles. The van der Waals surface area contributed by atoms with Gasteiger partial charge in [0.05, 0.1) is 25.0 Å². The first-order valence-corrected chi connectivity index (χ1v) is 11.1. The first-order chi connectivity index (χ1) is 15.4. The molecule has 0 radical (unpaired) electrons. The highest BCUT2D eigenvalue weighted by Crippen LogP contribution is 2.32. The van der Waals surface area contributed by atoms with E-state index in [1.165, 1.54) is 18.9 Å². The molecule has 168 valence electrons. The lowest BCUT2D eigenvalue weighted by molar-refractivity contribution is -0.128. The summed E-state index contributed by atoms with van der Waals surface area (Å²) in [4.78, 5) is 43.0. The molecule has 1 saturated heterocycles. The van der Waals surface area contributed by atoms with Gasteiger partial charge >= 0.3 is 5.97 Å². The molecule has 2 amide bonds. The van der Waals surface area contributed by atoms with Crippen molar-refractivity contribution in [2.24, 2.45) is 4.99 Å². The van der Waals surface area contributed by atoms with E-state index in [1.54, 1.807) is 53.4 Å². The molecule has 1 atom stereocenters. The lowest BCUT2D eigenvalue weighted by atomic mass is 10.2. The number of nitrogens with one attached hydrogen (secondary N) is 1. The van der Waals surface area contributed by atoms with Crippen LogP contribution in [0.3, 0.4) is 0 Å². The van der Waals surface area contributed by atoms with Gasteiger partial charge in [0.1, 0.15) is 11.0 Å². The number of esters is 1. The molecule has 8 nitrogen and oxygen atoms in total. The van der Waals surface area contributed by atoms with Crippen LogP contribution in [0, 0.1) is 0 Å². The zero-order valence-electron chi connectivity index (χ0n) is 18.2. The Kier molecular flexibility index (Phi) is 7.88. The van der Waals surface area contributed by atoms with Gasteiger partial charge in [0.2, 0.25) is 11.8 Å². The Morgan fingerprint density at radius 3 is 2.38 bits per heavy atom. The number of methoxy groups -OCH3 is 1. The number of hydrogen-bond donors (Lipinski definition) is 1. The van der Waals surface area contributed by atoms with Crippen molar-refractivity contribution in [2.75, 3.05) is 25.6 Å². The highest BCUT2D eigenvalue weighted by atomic mass is 32.2. The first-order valence-electron chi connectivity index (χ1n) is 10.2. The summed E-state index contributed by atoms with van der Waals surface area (Å²) in [6.45, 7) is 4.78. The first kappa shape index (κ1) is 23.3. The van der Waals surface area contributed by atoms with Crippen LogP contribution in [-0.4, -0.2) is 53.4 Å². The highest BCUT2D eigenvalue weighted by Gasteiger charge is 2.38. The Balaban J connectivity index is 1.65. The van der Waals surface area contributed by atoms with Gasteiger partial charge in [-0.1, -0.05) is 11.8 Å². The van der Waals surface area contributed by atoms with Gasteiger partial charge in [-0.3, -0.25) is 14.5 Å². The smallest absolute Gasteiger partial charge is 0.337 e. The molecule has 0 aromatic heterocycles. The number of amides is 2. The van der Waals surface area contributed by atoms with Gasteiger partial charge in [0.25, 0.3) is 0 Å². The monoisotopic (exact) mass is 455 g/mol. The summed E-state index contributed by atoms with van der Waals surface area (Å²) in [7, 11) is 1.32. The molecule has 0 bridgehead atoms. The summed E-state index contributed by atoms with van der Waals surface area (Å²) < 4.78 is 10.1. The number of thioether (sulfide) groups is 1. The number of anilines is 1. The summed E-state index contributed by atoms with van der Waals surface area (Å²) in [5, 5.41) is 2.80. The van der Waals surface area contributed by atoms with E-state index in [9.17, 15) is 14.4 Å². The Morgan fingerprint density at radius 2 is 1.78 bits per heavy atom. The van der Waals surface area contributed by atoms with E-state index in [4.69, 9.17) is 9.47 Å². The topological polar surface area (TPSA) is 97.3 Å². The molecule has 0 unspecified atom stereocenters. The molecule has 1 aliphatic heterocycles. The zero-order chi connectivity index (χ0) is 23.1. The van der Waals surface area contributed by atoms with E-state index in [1.807, 2.05) is 13.8 Å². The summed E-state index contributed by atoms with van der Waals surface area (Å²) in [5.74, 6) is -0.0986. The molecular weight excluding hydrogens is 430 g/mol. The average Bonchev–Trinajstić information content (AvgIpc) is 3.08. The van der Waals surface area contributed by atoms with Gasteiger partial charge in [-0.05, 0) is 62.4 Å². The van der Waals surface area contributed by atoms with Gasteiger partial charge in [0.15, 0.2) is 5.17 Å². The average molecular weight is 456 g/mol. The van der Waals surface area contributed by atoms with Crippen LogP contribution in [0.4, 0.5) is 11.4 Å². The van der Waals surface area contributed by atoms with Crippen molar-refractivity contribution < 1.29 is 23.9 Å². The number of carbonyl (C=O) groups excluding carboxylic acids is 3. The maximum absolute atomic E-state index is 12.8. The third-order valence-electron chi connectivity index (χ3n) is 4.67. The van der Waals surface area contributed by atoms with E-state index >= 15 is 0 Å². The number of hydrogen-bond acceptors (Lipinski definition) is 7. The van der Waals surface area contributed by atoms with Crippen LogP contribution >= 0.6 is 11.8 Å². The quantitative estimate of drug-likeness (QED) is 0.607. The molecule has 9 heteroatoms. The van der Waals surface area contributed by atoms with E-state index in [-0.39, 0.29) is 18.2 Å². The zero-order valence-corrected chi connectivity index (χ0v) is 19.0. The minimum Gasteiger partial charge on any atom is -0.494 e. The molecule has 1 aliphatic rings. The van der Waals surface area contributed by atoms with E-state index in [0.717, 1.165) is 5.75 Å². The third-order valence-corrected chi connectivity index (χ3v) is 5.84. The van der Waals surface area contributed by atoms with Crippen molar-refractivity contribution >= 4 is 46.1 Å². The second-order valence-electron chi connectivity index (χ2n) is 6.83. The number of amidine groups is 1. The maximum atomic E-state index is 12.8. The molecule has 0 saturated carbocycles. The van der Waals surface area contributed by atoms with Crippen LogP contribution in [0.1, 0.15) is 30.6 Å². The van der Waals surface area contributed by atoms with Gasteiger partial charge in [-0.25, -0.2) is 9.79 Å². The standard InChI is InChI=1S/C23H25N3O5S/c1-4-26-21(28)19(14-20(27)24-16-10-12-18(13-11-16)31-5-2)32-23(26)25-17-8-6-15(7-9-17)22(29)30-3/h6-13,19H,4-5,14H2,1-3H3,(H,24,27)/t19-/m0/s1. The number of benzene rings is 2. The third kappa shape index (κ3) is 5.67. The largest absolute Gasteiger partial charge is 0.494 e. The highest BCUT2D eigenvalue weighted by molar-refractivity contribution is 8.15. The van der Waals surface area contributed by atoms with E-state index in [2.05, 4.69) is 10.3 Å². The van der Waals surface area contributed by atoms with Crippen molar-refractivity contribution in [1.29, 1.82) is 0 Å². The second kappa shape index (κ2) is 10.8. The Bertz CT molecular complexity index is 1010. The van der Waals surface area contributed by atoms with Crippen molar-refractivity contribution in [1.82, 2.24) is 4.90 Å². The summed E-state index contributed by atoms with van der Waals surface area (Å²) in [6.07, 6.45) is 0.0352. The van der Waals surface area contributed by atoms with Crippen LogP contribution in [-0.2, 0) is 14.3 Å². The van der Waals surface area contributed by atoms with E-state index < -0.39 is 11.2 Å². The van der Waals surface area contributed by atoms with Crippen LogP contribution in [0.5, 0.6) is 5.75 Å². The molecular formula is C23H25N3O5S. The normalized spacial score (nSPS) is 16.8. The second-order valence-corrected chi connectivity index (χ2v) is 8.00.